The van der Waals surface area contributed by atoms with Crippen LogP contribution < -0.4 is 5.32 Å². The Hall–Kier alpha value is -1.57. The van der Waals surface area contributed by atoms with Crippen LogP contribution in [0.3, 0.4) is 0 Å². The zero-order valence-corrected chi connectivity index (χ0v) is 13.7. The molecule has 0 aliphatic carbocycles. The number of hydrogen-bond acceptors (Lipinski definition) is 4. The molecule has 0 saturated carbocycles. The Bertz CT molecular complexity index is 800. The molecule has 2 heterocycles. The maximum atomic E-state index is 13.1. The monoisotopic (exact) mass is 382 g/mol. The van der Waals surface area contributed by atoms with Gasteiger partial charge in [-0.15, -0.1) is 22.7 Å². The number of benzene rings is 1. The molecule has 1 N–H and O–H groups in total. The fraction of sp³-hybridized carbons (Fsp3) is 0. The second-order valence-electron chi connectivity index (χ2n) is 4.11. The van der Waals surface area contributed by atoms with E-state index in [0.717, 1.165) is 14.4 Å². The summed E-state index contributed by atoms with van der Waals surface area (Å²) < 4.78 is 14.1. The normalized spacial score (nSPS) is 10.6. The summed E-state index contributed by atoms with van der Waals surface area (Å²) in [4.78, 5) is 17.4. The first-order valence-corrected chi connectivity index (χ1v) is 8.39. The second kappa shape index (κ2) is 6.05. The molecule has 0 saturated heterocycles. The van der Waals surface area contributed by atoms with E-state index in [1.165, 1.54) is 29.5 Å². The number of nitrogens with zero attached hydrogens (tertiary/aromatic N) is 1. The van der Waals surface area contributed by atoms with Crippen LogP contribution in [0, 0.1) is 5.82 Å². The third kappa shape index (κ3) is 3.37. The minimum absolute atomic E-state index is 0.269. The number of amides is 1. The lowest BCUT2D eigenvalue weighted by molar-refractivity contribution is 0.102. The van der Waals surface area contributed by atoms with Gasteiger partial charge in [0.1, 0.15) is 5.82 Å². The van der Waals surface area contributed by atoms with Crippen LogP contribution in [-0.2, 0) is 0 Å². The van der Waals surface area contributed by atoms with Gasteiger partial charge < -0.3 is 0 Å². The Morgan fingerprint density at radius 3 is 2.86 bits per heavy atom. The van der Waals surface area contributed by atoms with E-state index in [4.69, 9.17) is 0 Å². The topological polar surface area (TPSA) is 42.0 Å². The Morgan fingerprint density at radius 2 is 2.14 bits per heavy atom. The van der Waals surface area contributed by atoms with Gasteiger partial charge in [-0.05, 0) is 46.3 Å². The molecule has 1 aromatic carbocycles. The van der Waals surface area contributed by atoms with Gasteiger partial charge in [-0.3, -0.25) is 10.1 Å². The van der Waals surface area contributed by atoms with Crippen molar-refractivity contribution in [2.45, 2.75) is 0 Å². The van der Waals surface area contributed by atoms with Crippen LogP contribution in [0.25, 0.3) is 10.6 Å². The third-order valence-electron chi connectivity index (χ3n) is 2.64. The maximum absolute atomic E-state index is 13.1. The van der Waals surface area contributed by atoms with E-state index >= 15 is 0 Å². The highest BCUT2D eigenvalue weighted by Crippen LogP contribution is 2.33. The Morgan fingerprint density at radius 1 is 1.29 bits per heavy atom. The molecule has 0 aliphatic rings. The van der Waals surface area contributed by atoms with E-state index in [2.05, 4.69) is 26.2 Å². The number of nitrogens with one attached hydrogen (secondary N) is 1. The Kier molecular flexibility index (Phi) is 4.14. The molecule has 106 valence electrons. The van der Waals surface area contributed by atoms with Gasteiger partial charge in [-0.1, -0.05) is 6.07 Å². The zero-order chi connectivity index (χ0) is 14.8. The first-order valence-electron chi connectivity index (χ1n) is 5.90. The summed E-state index contributed by atoms with van der Waals surface area (Å²) in [5.74, 6) is -0.811. The van der Waals surface area contributed by atoms with Gasteiger partial charge in [0, 0.05) is 10.9 Å². The van der Waals surface area contributed by atoms with Crippen LogP contribution in [0.5, 0.6) is 0 Å². The van der Waals surface area contributed by atoms with Gasteiger partial charge in [0.2, 0.25) is 0 Å². The number of halogens is 2. The number of thiazole rings is 1. The van der Waals surface area contributed by atoms with Crippen molar-refractivity contribution in [3.63, 3.8) is 0 Å². The van der Waals surface area contributed by atoms with Crippen LogP contribution in [0.1, 0.15) is 10.4 Å². The van der Waals surface area contributed by atoms with E-state index in [0.29, 0.717) is 5.13 Å². The van der Waals surface area contributed by atoms with Crippen molar-refractivity contribution in [3.8, 4) is 10.6 Å². The van der Waals surface area contributed by atoms with Gasteiger partial charge in [0.25, 0.3) is 5.91 Å². The lowest BCUT2D eigenvalue weighted by atomic mass is 10.2. The first-order chi connectivity index (χ1) is 10.1. The van der Waals surface area contributed by atoms with E-state index in [1.807, 2.05) is 17.5 Å². The van der Waals surface area contributed by atoms with Crippen molar-refractivity contribution in [2.24, 2.45) is 0 Å². The summed E-state index contributed by atoms with van der Waals surface area (Å²) in [7, 11) is 0. The van der Waals surface area contributed by atoms with Crippen LogP contribution in [0.4, 0.5) is 9.52 Å². The smallest absolute Gasteiger partial charge is 0.257 e. The maximum Gasteiger partial charge on any atom is 0.257 e. The standard InChI is InChI=1S/C14H8BrFN2OS2/c15-12-5-4-11(21-12)10-7-20-14(17-10)18-13(19)8-2-1-3-9(16)6-8/h1-7H,(H,17,18,19). The lowest BCUT2D eigenvalue weighted by Gasteiger charge is -2.01. The molecule has 3 rings (SSSR count). The predicted octanol–water partition coefficient (Wildman–Crippen LogP) is 5.03. The third-order valence-corrected chi connectivity index (χ3v) is 5.04. The number of thiophene rings is 1. The van der Waals surface area contributed by atoms with Crippen LogP contribution in [-0.4, -0.2) is 10.9 Å². The molecule has 0 spiro atoms. The molecule has 3 nitrogen and oxygen atoms in total. The molecular weight excluding hydrogens is 375 g/mol. The zero-order valence-electron chi connectivity index (χ0n) is 10.5. The van der Waals surface area contributed by atoms with Crippen molar-refractivity contribution in [3.05, 3.63) is 56.9 Å². The number of carbonyl (C=O) groups is 1. The molecule has 21 heavy (non-hydrogen) atoms. The van der Waals surface area contributed by atoms with E-state index in [-0.39, 0.29) is 11.5 Å². The summed E-state index contributed by atoms with van der Waals surface area (Å²) in [6, 6.07) is 9.46. The molecule has 7 heteroatoms. The number of rotatable bonds is 3. The quantitative estimate of drug-likeness (QED) is 0.690. The van der Waals surface area contributed by atoms with Crippen molar-refractivity contribution in [2.75, 3.05) is 5.32 Å². The fourth-order valence-corrected chi connectivity index (χ4v) is 3.82. The molecule has 0 aliphatic heterocycles. The summed E-state index contributed by atoms with van der Waals surface area (Å²) in [5.41, 5.74) is 1.08. The van der Waals surface area contributed by atoms with Crippen LogP contribution >= 0.6 is 38.6 Å². The van der Waals surface area contributed by atoms with Crippen molar-refractivity contribution in [1.82, 2.24) is 4.98 Å². The molecule has 3 aromatic rings. The van der Waals surface area contributed by atoms with Crippen molar-refractivity contribution in [1.29, 1.82) is 0 Å². The Labute approximate surface area is 136 Å². The van der Waals surface area contributed by atoms with Gasteiger partial charge in [0.15, 0.2) is 5.13 Å². The molecular formula is C14H8BrFN2OS2. The van der Waals surface area contributed by atoms with Gasteiger partial charge in [0.05, 0.1) is 14.4 Å². The summed E-state index contributed by atoms with van der Waals surface area (Å²) in [5, 5.41) is 5.04. The second-order valence-corrected chi connectivity index (χ2v) is 7.43. The largest absolute Gasteiger partial charge is 0.298 e. The van der Waals surface area contributed by atoms with Gasteiger partial charge >= 0.3 is 0 Å². The van der Waals surface area contributed by atoms with E-state index in [1.54, 1.807) is 17.4 Å². The number of hydrogen-bond donors (Lipinski definition) is 1. The number of anilines is 1. The lowest BCUT2D eigenvalue weighted by Crippen LogP contribution is -2.11. The highest BCUT2D eigenvalue weighted by molar-refractivity contribution is 9.11. The highest BCUT2D eigenvalue weighted by atomic mass is 79.9. The van der Waals surface area contributed by atoms with Gasteiger partial charge in [-0.2, -0.15) is 0 Å². The minimum Gasteiger partial charge on any atom is -0.298 e. The average Bonchev–Trinajstić information content (AvgIpc) is 3.07. The molecule has 0 radical (unpaired) electrons. The summed E-state index contributed by atoms with van der Waals surface area (Å²) >= 11 is 6.31. The SMILES string of the molecule is O=C(Nc1nc(-c2ccc(Br)s2)cs1)c1cccc(F)c1. The first kappa shape index (κ1) is 14.4. The Balaban J connectivity index is 1.77. The highest BCUT2D eigenvalue weighted by Gasteiger charge is 2.11. The minimum atomic E-state index is -0.439. The molecule has 0 atom stereocenters. The number of aromatic nitrogens is 1. The fourth-order valence-electron chi connectivity index (χ4n) is 1.70. The van der Waals surface area contributed by atoms with Crippen LogP contribution in [0.2, 0.25) is 0 Å². The average molecular weight is 383 g/mol. The molecule has 0 unspecified atom stereocenters. The molecule has 0 bridgehead atoms. The predicted molar refractivity (Wildman–Crippen MR) is 87.5 cm³/mol. The molecule has 2 aromatic heterocycles. The van der Waals surface area contributed by atoms with Gasteiger partial charge in [-0.25, -0.2) is 9.37 Å². The van der Waals surface area contributed by atoms with Crippen molar-refractivity contribution < 1.29 is 9.18 Å². The van der Waals surface area contributed by atoms with E-state index in [9.17, 15) is 9.18 Å². The molecule has 0 fully saturated rings. The summed E-state index contributed by atoms with van der Waals surface area (Å²) in [6.07, 6.45) is 0. The number of carbonyl (C=O) groups excluding carboxylic acids is 1. The van der Waals surface area contributed by atoms with Crippen LogP contribution in [0.15, 0.2) is 45.6 Å². The molecule has 1 amide bonds. The summed E-state index contributed by atoms with van der Waals surface area (Å²) in [6.45, 7) is 0. The van der Waals surface area contributed by atoms with Crippen molar-refractivity contribution >= 4 is 49.6 Å². The van der Waals surface area contributed by atoms with E-state index < -0.39 is 5.82 Å².